The monoisotopic (exact) mass is 425 g/mol. The van der Waals surface area contributed by atoms with Gasteiger partial charge in [-0.15, -0.1) is 0 Å². The summed E-state index contributed by atoms with van der Waals surface area (Å²) in [6, 6.07) is 12.9. The van der Waals surface area contributed by atoms with Crippen LogP contribution in [0.4, 0.5) is 5.69 Å². The summed E-state index contributed by atoms with van der Waals surface area (Å²) in [5.74, 6) is 0.520. The Balaban J connectivity index is 2.12. The predicted molar refractivity (Wildman–Crippen MR) is 125 cm³/mol. The van der Waals surface area contributed by atoms with Gasteiger partial charge in [-0.1, -0.05) is 52.8 Å². The summed E-state index contributed by atoms with van der Waals surface area (Å²) in [4.78, 5) is 25.0. The molecule has 0 bridgehead atoms. The predicted octanol–water partition coefficient (Wildman–Crippen LogP) is 6.29. The number of benzene rings is 2. The minimum Gasteiger partial charge on any atom is -0.479 e. The Morgan fingerprint density at radius 1 is 0.871 bits per heavy atom. The van der Waals surface area contributed by atoms with E-state index in [-0.39, 0.29) is 12.0 Å². The van der Waals surface area contributed by atoms with E-state index in [4.69, 9.17) is 9.47 Å². The molecular formula is C26H35NO4. The summed E-state index contributed by atoms with van der Waals surface area (Å²) >= 11 is 0. The van der Waals surface area contributed by atoms with Crippen molar-refractivity contribution < 1.29 is 19.1 Å². The van der Waals surface area contributed by atoms with Crippen LogP contribution in [0.2, 0.25) is 0 Å². The van der Waals surface area contributed by atoms with Crippen molar-refractivity contribution in [3.05, 3.63) is 59.2 Å². The molecule has 1 N–H and O–H groups in total. The molecule has 2 aromatic rings. The average Bonchev–Trinajstić information content (AvgIpc) is 2.73. The van der Waals surface area contributed by atoms with Gasteiger partial charge in [-0.2, -0.15) is 0 Å². The molecule has 1 amide bonds. The first kappa shape index (κ1) is 24.4. The molecule has 0 saturated heterocycles. The second kappa shape index (κ2) is 11.0. The number of anilines is 1. The number of hydrogen-bond donors (Lipinski definition) is 1. The summed E-state index contributed by atoms with van der Waals surface area (Å²) in [7, 11) is 0. The lowest BCUT2D eigenvalue weighted by Gasteiger charge is -2.20. The molecule has 2 unspecified atom stereocenters. The largest absolute Gasteiger partial charge is 0.479 e. The first-order valence-corrected chi connectivity index (χ1v) is 11.0. The Morgan fingerprint density at radius 2 is 1.42 bits per heavy atom. The molecule has 0 radical (unpaired) electrons. The molecular weight excluding hydrogens is 390 g/mol. The van der Waals surface area contributed by atoms with Crippen LogP contribution in [0.5, 0.6) is 5.75 Å². The van der Waals surface area contributed by atoms with Crippen molar-refractivity contribution in [2.75, 3.05) is 5.32 Å². The van der Waals surface area contributed by atoms with Gasteiger partial charge in [-0.3, -0.25) is 4.79 Å². The van der Waals surface area contributed by atoms with E-state index < -0.39 is 12.1 Å². The molecule has 2 rings (SSSR count). The van der Waals surface area contributed by atoms with Crippen molar-refractivity contribution in [1.29, 1.82) is 0 Å². The third kappa shape index (κ3) is 6.58. The van der Waals surface area contributed by atoms with Crippen LogP contribution in [0.15, 0.2) is 42.5 Å². The molecule has 0 saturated carbocycles. The zero-order valence-corrected chi connectivity index (χ0v) is 19.7. The van der Waals surface area contributed by atoms with Crippen molar-refractivity contribution >= 4 is 17.6 Å². The fourth-order valence-electron chi connectivity index (χ4n) is 3.20. The number of amides is 1. The maximum Gasteiger partial charge on any atom is 0.347 e. The summed E-state index contributed by atoms with van der Waals surface area (Å²) < 4.78 is 11.0. The van der Waals surface area contributed by atoms with Gasteiger partial charge in [0.15, 0.2) is 6.10 Å². The smallest absolute Gasteiger partial charge is 0.347 e. The van der Waals surface area contributed by atoms with Gasteiger partial charge in [0, 0.05) is 11.3 Å². The summed E-state index contributed by atoms with van der Waals surface area (Å²) in [5, 5.41) is 3.11. The van der Waals surface area contributed by atoms with E-state index in [2.05, 4.69) is 45.1 Å². The maximum atomic E-state index is 12.9. The zero-order valence-electron chi connectivity index (χ0n) is 19.7. The van der Waals surface area contributed by atoms with Gasteiger partial charge < -0.3 is 14.8 Å². The van der Waals surface area contributed by atoms with Gasteiger partial charge in [0.25, 0.3) is 5.91 Å². The standard InChI is InChI=1S/C26H35NO4/c1-8-18(6)30-26(29)19(7)31-21-14-12-20(13-15-21)25(28)27-24-22(16(2)3)10-9-11-23(24)17(4)5/h9-19H,8H2,1-7H3,(H,27,28). The number of carbonyl (C=O) groups excluding carboxylic acids is 2. The van der Waals surface area contributed by atoms with Crippen LogP contribution in [-0.2, 0) is 9.53 Å². The Morgan fingerprint density at radius 3 is 1.90 bits per heavy atom. The van der Waals surface area contributed by atoms with Gasteiger partial charge in [0.2, 0.25) is 0 Å². The van der Waals surface area contributed by atoms with Crippen LogP contribution in [0, 0.1) is 0 Å². The lowest BCUT2D eigenvalue weighted by molar-refractivity contribution is -0.155. The fourth-order valence-corrected chi connectivity index (χ4v) is 3.20. The number of esters is 1. The zero-order chi connectivity index (χ0) is 23.1. The number of ether oxygens (including phenoxy) is 2. The summed E-state index contributed by atoms with van der Waals surface area (Å²) in [6.45, 7) is 13.9. The number of nitrogens with one attached hydrogen (secondary N) is 1. The third-order valence-electron chi connectivity index (χ3n) is 5.27. The van der Waals surface area contributed by atoms with Crippen LogP contribution in [0.1, 0.15) is 88.2 Å². The van der Waals surface area contributed by atoms with Crippen LogP contribution in [-0.4, -0.2) is 24.1 Å². The van der Waals surface area contributed by atoms with Gasteiger partial charge >= 0.3 is 5.97 Å². The molecule has 2 aromatic carbocycles. The molecule has 168 valence electrons. The van der Waals surface area contributed by atoms with E-state index in [9.17, 15) is 9.59 Å². The Hall–Kier alpha value is -2.82. The molecule has 5 nitrogen and oxygen atoms in total. The second-order valence-corrected chi connectivity index (χ2v) is 8.52. The Kier molecular flexibility index (Phi) is 8.66. The Bertz CT molecular complexity index is 861. The van der Waals surface area contributed by atoms with Crippen molar-refractivity contribution in [2.24, 2.45) is 0 Å². The molecule has 0 fully saturated rings. The molecule has 5 heteroatoms. The summed E-state index contributed by atoms with van der Waals surface area (Å²) in [5.41, 5.74) is 3.65. The van der Waals surface area contributed by atoms with Crippen molar-refractivity contribution in [3.8, 4) is 5.75 Å². The van der Waals surface area contributed by atoms with Crippen LogP contribution < -0.4 is 10.1 Å². The highest BCUT2D eigenvalue weighted by Crippen LogP contribution is 2.32. The highest BCUT2D eigenvalue weighted by molar-refractivity contribution is 6.05. The summed E-state index contributed by atoms with van der Waals surface area (Å²) in [6.07, 6.45) is -0.116. The van der Waals surface area contributed by atoms with E-state index in [1.54, 1.807) is 31.2 Å². The number of rotatable bonds is 9. The highest BCUT2D eigenvalue weighted by Gasteiger charge is 2.19. The maximum absolute atomic E-state index is 12.9. The molecule has 0 spiro atoms. The topological polar surface area (TPSA) is 64.6 Å². The molecule has 2 atom stereocenters. The lowest BCUT2D eigenvalue weighted by atomic mass is 9.92. The normalized spacial score (nSPS) is 13.1. The van der Waals surface area contributed by atoms with Crippen molar-refractivity contribution in [2.45, 2.75) is 78.9 Å². The van der Waals surface area contributed by atoms with Crippen LogP contribution in [0.3, 0.4) is 0 Å². The quantitative estimate of drug-likeness (QED) is 0.479. The van der Waals surface area contributed by atoms with Gasteiger partial charge in [-0.05, 0) is 67.5 Å². The van der Waals surface area contributed by atoms with E-state index in [0.717, 1.165) is 23.2 Å². The SMILES string of the molecule is CCC(C)OC(=O)C(C)Oc1ccc(C(=O)Nc2c(C(C)C)cccc2C(C)C)cc1. The fraction of sp³-hybridized carbons (Fsp3) is 0.462. The van der Waals surface area contributed by atoms with E-state index in [0.29, 0.717) is 23.1 Å². The molecule has 0 aliphatic carbocycles. The number of para-hydroxylation sites is 1. The number of hydrogen-bond acceptors (Lipinski definition) is 4. The minimum atomic E-state index is -0.722. The minimum absolute atomic E-state index is 0.144. The average molecular weight is 426 g/mol. The van der Waals surface area contributed by atoms with Crippen molar-refractivity contribution in [1.82, 2.24) is 0 Å². The second-order valence-electron chi connectivity index (χ2n) is 8.52. The molecule has 0 aliphatic rings. The van der Waals surface area contributed by atoms with Gasteiger partial charge in [-0.25, -0.2) is 4.79 Å². The van der Waals surface area contributed by atoms with Crippen LogP contribution >= 0.6 is 0 Å². The lowest BCUT2D eigenvalue weighted by Crippen LogP contribution is -2.29. The van der Waals surface area contributed by atoms with E-state index in [1.807, 2.05) is 19.9 Å². The van der Waals surface area contributed by atoms with Crippen LogP contribution in [0.25, 0.3) is 0 Å². The molecule has 0 aliphatic heterocycles. The van der Waals surface area contributed by atoms with E-state index in [1.165, 1.54) is 0 Å². The Labute approximate surface area is 186 Å². The van der Waals surface area contributed by atoms with Gasteiger partial charge in [0.1, 0.15) is 5.75 Å². The highest BCUT2D eigenvalue weighted by atomic mass is 16.6. The van der Waals surface area contributed by atoms with E-state index >= 15 is 0 Å². The molecule has 31 heavy (non-hydrogen) atoms. The first-order chi connectivity index (χ1) is 14.6. The van der Waals surface area contributed by atoms with Crippen molar-refractivity contribution in [3.63, 3.8) is 0 Å². The van der Waals surface area contributed by atoms with Gasteiger partial charge in [0.05, 0.1) is 6.10 Å². The molecule has 0 heterocycles. The number of carbonyl (C=O) groups is 2. The molecule has 0 aromatic heterocycles. The first-order valence-electron chi connectivity index (χ1n) is 11.0. The third-order valence-corrected chi connectivity index (χ3v) is 5.27.